The van der Waals surface area contributed by atoms with Crippen LogP contribution in [0.15, 0.2) is 48.7 Å². The second-order valence-corrected chi connectivity index (χ2v) is 23.4. The van der Waals surface area contributed by atoms with Crippen LogP contribution in [0.2, 0.25) is 0 Å². The van der Waals surface area contributed by atoms with Crippen LogP contribution in [0.1, 0.15) is 106 Å². The maximum atomic E-state index is 17.5. The molecule has 17 nitrogen and oxygen atoms in total. The number of aromatic nitrogens is 3. The molecule has 81 heavy (non-hydrogen) atoms. The Morgan fingerprint density at radius 3 is 2.46 bits per heavy atom. The smallest absolute Gasteiger partial charge is 0.319 e. The Kier molecular flexibility index (Phi) is 17.2. The first kappa shape index (κ1) is 56.9. The molecule has 5 aliphatic rings. The maximum Gasteiger partial charge on any atom is 0.319 e. The van der Waals surface area contributed by atoms with Crippen molar-refractivity contribution in [3.8, 4) is 41.4 Å². The van der Waals surface area contributed by atoms with Crippen LogP contribution in [0.4, 0.5) is 20.3 Å². The zero-order valence-corrected chi connectivity index (χ0v) is 46.9. The predicted molar refractivity (Wildman–Crippen MR) is 305 cm³/mol. The number of anilines is 2. The maximum absolute atomic E-state index is 17.5. The third-order valence-electron chi connectivity index (χ3n) is 17.5. The molecule has 6 heterocycles. The van der Waals surface area contributed by atoms with Crippen LogP contribution < -0.4 is 19.9 Å². The topological polar surface area (TPSA) is 192 Å². The van der Waals surface area contributed by atoms with E-state index in [9.17, 15) is 29.5 Å². The molecule has 4 aliphatic heterocycles. The molecule has 0 spiro atoms. The number of nitrogens with one attached hydrogen (secondary N) is 1. The number of carbonyl (C=O) groups excluding carboxylic acids is 4. The van der Waals surface area contributed by atoms with Gasteiger partial charge in [-0.25, -0.2) is 8.78 Å². The zero-order chi connectivity index (χ0) is 57.1. The summed E-state index contributed by atoms with van der Waals surface area (Å²) in [5.74, 6) is 1.20. The van der Waals surface area contributed by atoms with Crippen molar-refractivity contribution in [2.24, 2.45) is 17.3 Å². The van der Waals surface area contributed by atoms with Crippen LogP contribution in [0.5, 0.6) is 11.8 Å². The van der Waals surface area contributed by atoms with E-state index in [0.29, 0.717) is 80.0 Å². The molecule has 2 N–H and O–H groups in total. The van der Waals surface area contributed by atoms with Crippen LogP contribution in [0.3, 0.4) is 0 Å². The second-order valence-electron chi connectivity index (χ2n) is 23.4. The van der Waals surface area contributed by atoms with Crippen molar-refractivity contribution >= 4 is 57.2 Å². The van der Waals surface area contributed by atoms with Gasteiger partial charge in [0, 0.05) is 150 Å². The van der Waals surface area contributed by atoms with Crippen molar-refractivity contribution in [1.82, 2.24) is 39.9 Å². The molecule has 10 rings (SSSR count). The van der Waals surface area contributed by atoms with Crippen LogP contribution in [0.25, 0.3) is 32.9 Å². The summed E-state index contributed by atoms with van der Waals surface area (Å²) in [6.07, 6.45) is 14.5. The van der Waals surface area contributed by atoms with Gasteiger partial charge in [-0.1, -0.05) is 18.9 Å². The minimum Gasteiger partial charge on any atom is -0.508 e. The highest BCUT2D eigenvalue weighted by Crippen LogP contribution is 2.47. The molecular formula is C62H73F2N11O6. The number of hydrogen-bond acceptors (Lipinski definition) is 15. The van der Waals surface area contributed by atoms with Crippen molar-refractivity contribution in [3.63, 3.8) is 0 Å². The number of fused-ring (bicyclic) bond motifs is 3. The first-order chi connectivity index (χ1) is 39.1. The van der Waals surface area contributed by atoms with E-state index in [-0.39, 0.29) is 99.4 Å². The lowest BCUT2D eigenvalue weighted by molar-refractivity contribution is -0.136. The SMILES string of the molecule is C#Cc1c(F)ccc2cc(O)cc(-c3ncc4c(N5CC(CC)NC(CCC(=O)CC(C)C#N)C5)nc(OCC5(CN6CCN(CC7CCN(c8ccc9c(c8)CN(C(C)CCC(=O)N(C)C=O)C9=O)CC7)CC6)CC5)nc4c3F)c12. The fraction of sp³-hybridized carbons (Fsp3) is 0.516. The van der Waals surface area contributed by atoms with Crippen LogP contribution in [-0.2, 0) is 20.9 Å². The minimum absolute atomic E-state index is 0.0155. The predicted octanol–water partition coefficient (Wildman–Crippen LogP) is 7.70. The van der Waals surface area contributed by atoms with Crippen molar-refractivity contribution < 1.29 is 37.8 Å². The molecule has 1 aliphatic carbocycles. The number of Topliss-reactive ketones (excluding diaryl/α,β-unsaturated/α-hetero) is 1. The molecule has 3 saturated heterocycles. The lowest BCUT2D eigenvalue weighted by atomic mass is 9.95. The van der Waals surface area contributed by atoms with Gasteiger partial charge in [0.05, 0.1) is 29.5 Å². The van der Waals surface area contributed by atoms with Gasteiger partial charge in [0.25, 0.3) is 5.91 Å². The Hall–Kier alpha value is -7.32. The summed E-state index contributed by atoms with van der Waals surface area (Å²) in [4.78, 5) is 76.3. The Balaban J connectivity index is 0.785. The molecule has 4 fully saturated rings. The summed E-state index contributed by atoms with van der Waals surface area (Å²) in [5.41, 5.74) is 2.58. The molecular weight excluding hydrogens is 1030 g/mol. The van der Waals surface area contributed by atoms with Crippen molar-refractivity contribution in [2.45, 2.75) is 110 Å². The summed E-state index contributed by atoms with van der Waals surface area (Å²) in [5, 5.41) is 24.8. The number of phenols is 1. The number of nitrogens with zero attached hydrogens (tertiary/aromatic N) is 10. The van der Waals surface area contributed by atoms with E-state index < -0.39 is 11.6 Å². The van der Waals surface area contributed by atoms with E-state index in [1.54, 1.807) is 6.92 Å². The van der Waals surface area contributed by atoms with E-state index in [0.717, 1.165) is 101 Å². The third-order valence-corrected chi connectivity index (χ3v) is 17.5. The quantitative estimate of drug-likeness (QED) is 0.0536. The van der Waals surface area contributed by atoms with Gasteiger partial charge in [0.15, 0.2) is 5.82 Å². The van der Waals surface area contributed by atoms with Gasteiger partial charge < -0.3 is 39.7 Å². The number of piperidine rings is 1. The summed E-state index contributed by atoms with van der Waals surface area (Å²) < 4.78 is 39.3. The summed E-state index contributed by atoms with van der Waals surface area (Å²) >= 11 is 0. The molecule has 426 valence electrons. The normalized spacial score (nSPS) is 20.2. The molecule has 4 unspecified atom stereocenters. The highest BCUT2D eigenvalue weighted by molar-refractivity contribution is 6.03. The molecule has 3 amide bonds. The van der Waals surface area contributed by atoms with Crippen molar-refractivity contribution in [2.75, 3.05) is 88.9 Å². The first-order valence-electron chi connectivity index (χ1n) is 28.7. The number of aromatic hydroxyl groups is 1. The number of nitriles is 1. The van der Waals surface area contributed by atoms with E-state index in [1.807, 2.05) is 17.9 Å². The Labute approximate surface area is 472 Å². The minimum atomic E-state index is -0.799. The van der Waals surface area contributed by atoms with Crippen LogP contribution in [-0.4, -0.2) is 161 Å². The number of pyridine rings is 1. The summed E-state index contributed by atoms with van der Waals surface area (Å²) in [6.45, 7) is 15.3. The number of amides is 3. The van der Waals surface area contributed by atoms with Crippen LogP contribution >= 0.6 is 0 Å². The second kappa shape index (κ2) is 24.4. The number of phenolic OH excluding ortho intramolecular Hbond substituents is 1. The molecule has 1 saturated carbocycles. The highest BCUT2D eigenvalue weighted by Gasteiger charge is 2.46. The van der Waals surface area contributed by atoms with Gasteiger partial charge >= 0.3 is 6.01 Å². The Morgan fingerprint density at radius 2 is 1.74 bits per heavy atom. The standard InChI is InChI=1S/C62H73F2N11O6/c1-6-44-34-74(35-45(67-44)10-12-47(77)26-39(3)30-65)59-52-31-66-57(51-29-48(78)28-42-9-14-53(63)49(7-2)55(42)51)56(64)58(52)68-61(69-59)81-37-62(18-19-62)36-72-24-22-71(23-25-72)32-41-16-20-73(21-17-41)46-11-13-50-43(27-46)33-75(60(50)80)40(4)8-15-54(79)70(5)38-76/h2,9,11,13-14,27-29,31,38-41,44-45,67,78H,6,8,10,12,15-26,32-37H2,1,3-5H3. The Morgan fingerprint density at radius 1 is 0.988 bits per heavy atom. The number of halogens is 2. The molecule has 0 bridgehead atoms. The fourth-order valence-corrected chi connectivity index (χ4v) is 12.4. The van der Waals surface area contributed by atoms with E-state index in [2.05, 4.69) is 60.9 Å². The molecule has 2 aromatic heterocycles. The zero-order valence-electron chi connectivity index (χ0n) is 46.9. The Bertz CT molecular complexity index is 3290. The van der Waals surface area contributed by atoms with Gasteiger partial charge in [-0.05, 0) is 112 Å². The highest BCUT2D eigenvalue weighted by atomic mass is 19.1. The van der Waals surface area contributed by atoms with Gasteiger partial charge in [0.1, 0.15) is 34.4 Å². The van der Waals surface area contributed by atoms with Gasteiger partial charge in [-0.15, -0.1) is 6.42 Å². The first-order valence-corrected chi connectivity index (χ1v) is 28.7. The lowest BCUT2D eigenvalue weighted by Crippen LogP contribution is -2.56. The third kappa shape index (κ3) is 12.6. The van der Waals surface area contributed by atoms with E-state index in [4.69, 9.17) is 21.1 Å². The van der Waals surface area contributed by atoms with Crippen molar-refractivity contribution in [1.29, 1.82) is 5.26 Å². The van der Waals surface area contributed by atoms with E-state index in [1.165, 1.54) is 37.5 Å². The number of piperazine rings is 2. The average molecular weight is 1110 g/mol. The number of rotatable bonds is 21. The number of imide groups is 1. The number of benzene rings is 3. The number of hydrogen-bond donors (Lipinski definition) is 2. The summed E-state index contributed by atoms with van der Waals surface area (Å²) in [6, 6.07) is 13.6. The molecule has 19 heteroatoms. The number of carbonyl (C=O) groups is 4. The number of terminal acetylenes is 1. The largest absolute Gasteiger partial charge is 0.508 e. The monoisotopic (exact) mass is 1110 g/mol. The number of ether oxygens (including phenoxy) is 1. The van der Waals surface area contributed by atoms with E-state index >= 15 is 8.78 Å². The van der Waals surface area contributed by atoms with Gasteiger partial charge in [0.2, 0.25) is 12.3 Å². The molecule has 4 atom stereocenters. The lowest BCUT2D eigenvalue weighted by Gasteiger charge is -2.40. The molecule has 3 aromatic carbocycles. The average Bonchev–Trinajstić information content (AvgIpc) is 4.27. The molecule has 0 radical (unpaired) electrons. The molecule has 5 aromatic rings. The van der Waals surface area contributed by atoms with Gasteiger partial charge in [-0.3, -0.25) is 29.1 Å². The number of ketones is 1. The van der Waals surface area contributed by atoms with Gasteiger partial charge in [-0.2, -0.15) is 15.2 Å². The summed E-state index contributed by atoms with van der Waals surface area (Å²) in [7, 11) is 1.45. The fourth-order valence-electron chi connectivity index (χ4n) is 12.4. The van der Waals surface area contributed by atoms with Crippen LogP contribution in [0, 0.1) is 52.6 Å². The van der Waals surface area contributed by atoms with Crippen molar-refractivity contribution in [3.05, 3.63) is 77.0 Å².